The highest BCUT2D eigenvalue weighted by atomic mass is 16.5. The maximum absolute atomic E-state index is 11.2. The quantitative estimate of drug-likeness (QED) is 0.699. The summed E-state index contributed by atoms with van der Waals surface area (Å²) in [6.07, 6.45) is 4.04. The van der Waals surface area contributed by atoms with Crippen molar-refractivity contribution in [1.29, 1.82) is 0 Å². The molecular weight excluding hydrogens is 208 g/mol. The molecule has 1 aliphatic rings. The third kappa shape index (κ3) is 2.29. The predicted octanol–water partition coefficient (Wildman–Crippen LogP) is 0.504. The molecule has 2 rings (SSSR count). The van der Waals surface area contributed by atoms with Crippen LogP contribution in [-0.4, -0.2) is 28.6 Å². The summed E-state index contributed by atoms with van der Waals surface area (Å²) < 4.78 is 6.28. The highest BCUT2D eigenvalue weighted by Crippen LogP contribution is 2.17. The molecular formula is C11H14N2O3. The Morgan fingerprint density at radius 3 is 3.12 bits per heavy atom. The molecule has 1 aromatic rings. The third-order valence-electron chi connectivity index (χ3n) is 2.74. The van der Waals surface area contributed by atoms with E-state index in [0.29, 0.717) is 25.8 Å². The van der Waals surface area contributed by atoms with E-state index < -0.39 is 0 Å². The fourth-order valence-electron chi connectivity index (χ4n) is 1.83. The Kier molecular flexibility index (Phi) is 3.03. The van der Waals surface area contributed by atoms with E-state index >= 15 is 0 Å². The van der Waals surface area contributed by atoms with Crippen LogP contribution in [0.2, 0.25) is 0 Å². The van der Waals surface area contributed by atoms with Gasteiger partial charge in [0.25, 0.3) is 0 Å². The van der Waals surface area contributed by atoms with E-state index in [1.54, 1.807) is 4.68 Å². The lowest BCUT2D eigenvalue weighted by molar-refractivity contribution is -0.140. The van der Waals surface area contributed by atoms with E-state index in [1.807, 2.05) is 6.20 Å². The lowest BCUT2D eigenvalue weighted by Crippen LogP contribution is -2.12. The van der Waals surface area contributed by atoms with Gasteiger partial charge in [0.05, 0.1) is 32.2 Å². The van der Waals surface area contributed by atoms with Crippen molar-refractivity contribution in [3.05, 3.63) is 17.5 Å². The molecule has 16 heavy (non-hydrogen) atoms. The average molecular weight is 222 g/mol. The van der Waals surface area contributed by atoms with Gasteiger partial charge in [-0.1, -0.05) is 0 Å². The summed E-state index contributed by atoms with van der Waals surface area (Å²) in [5.74, 6) is -0.00438. The Bertz CT molecular complexity index is 423. The minimum Gasteiger partial charge on any atom is -0.469 e. The number of nitrogens with zero attached hydrogens (tertiary/aromatic N) is 2. The van der Waals surface area contributed by atoms with Gasteiger partial charge in [-0.15, -0.1) is 0 Å². The fourth-order valence-corrected chi connectivity index (χ4v) is 1.83. The first kappa shape index (κ1) is 10.9. The molecule has 0 aromatic carbocycles. The summed E-state index contributed by atoms with van der Waals surface area (Å²) >= 11 is 0. The SMILES string of the molecule is COC(=O)CCn1cc2c(n1)CC(=O)CC2. The van der Waals surface area contributed by atoms with E-state index in [-0.39, 0.29) is 11.8 Å². The molecule has 0 radical (unpaired) electrons. The van der Waals surface area contributed by atoms with Crippen LogP contribution in [0.3, 0.4) is 0 Å². The van der Waals surface area contributed by atoms with Gasteiger partial charge < -0.3 is 4.74 Å². The largest absolute Gasteiger partial charge is 0.469 e. The summed E-state index contributed by atoms with van der Waals surface area (Å²) in [5, 5.41) is 4.30. The van der Waals surface area contributed by atoms with Crippen molar-refractivity contribution in [1.82, 2.24) is 9.78 Å². The molecule has 5 heteroatoms. The van der Waals surface area contributed by atoms with Crippen molar-refractivity contribution in [2.75, 3.05) is 7.11 Å². The summed E-state index contributed by atoms with van der Waals surface area (Å²) in [6, 6.07) is 0. The van der Waals surface area contributed by atoms with Crippen molar-refractivity contribution in [2.24, 2.45) is 0 Å². The van der Waals surface area contributed by atoms with Crippen molar-refractivity contribution in [3.63, 3.8) is 0 Å². The fraction of sp³-hybridized carbons (Fsp3) is 0.545. The minimum atomic E-state index is -0.246. The van der Waals surface area contributed by atoms with Crippen LogP contribution in [0, 0.1) is 0 Å². The van der Waals surface area contributed by atoms with Gasteiger partial charge in [-0.2, -0.15) is 5.10 Å². The van der Waals surface area contributed by atoms with E-state index in [0.717, 1.165) is 17.7 Å². The summed E-state index contributed by atoms with van der Waals surface area (Å²) in [7, 11) is 1.37. The predicted molar refractivity (Wildman–Crippen MR) is 55.9 cm³/mol. The molecule has 0 spiro atoms. The zero-order valence-electron chi connectivity index (χ0n) is 9.23. The van der Waals surface area contributed by atoms with Crippen LogP contribution in [-0.2, 0) is 33.7 Å². The number of ether oxygens (including phenoxy) is 1. The number of aromatic nitrogens is 2. The van der Waals surface area contributed by atoms with Gasteiger partial charge in [-0.3, -0.25) is 14.3 Å². The third-order valence-corrected chi connectivity index (χ3v) is 2.74. The van der Waals surface area contributed by atoms with Crippen LogP contribution in [0.4, 0.5) is 0 Å². The van der Waals surface area contributed by atoms with Crippen LogP contribution in [0.1, 0.15) is 24.1 Å². The number of hydrogen-bond donors (Lipinski definition) is 0. The number of fused-ring (bicyclic) bond motifs is 1. The lowest BCUT2D eigenvalue weighted by Gasteiger charge is -2.06. The molecule has 0 fully saturated rings. The van der Waals surface area contributed by atoms with Gasteiger partial charge >= 0.3 is 5.97 Å². The molecule has 86 valence electrons. The first-order valence-electron chi connectivity index (χ1n) is 5.33. The van der Waals surface area contributed by atoms with Crippen LogP contribution < -0.4 is 0 Å². The van der Waals surface area contributed by atoms with E-state index in [2.05, 4.69) is 9.84 Å². The second-order valence-electron chi connectivity index (χ2n) is 3.91. The number of ketones is 1. The average Bonchev–Trinajstić information content (AvgIpc) is 2.67. The van der Waals surface area contributed by atoms with E-state index in [1.165, 1.54) is 7.11 Å². The van der Waals surface area contributed by atoms with Crippen LogP contribution >= 0.6 is 0 Å². The Balaban J connectivity index is 2.02. The van der Waals surface area contributed by atoms with Crippen LogP contribution in [0.5, 0.6) is 0 Å². The molecule has 1 heterocycles. The van der Waals surface area contributed by atoms with Gasteiger partial charge in [-0.05, 0) is 12.0 Å². The lowest BCUT2D eigenvalue weighted by atomic mass is 9.97. The number of hydrogen-bond acceptors (Lipinski definition) is 4. The van der Waals surface area contributed by atoms with E-state index in [4.69, 9.17) is 0 Å². The molecule has 0 saturated heterocycles. The molecule has 0 N–H and O–H groups in total. The molecule has 0 unspecified atom stereocenters. The summed E-state index contributed by atoms with van der Waals surface area (Å²) in [6.45, 7) is 0.508. The van der Waals surface area contributed by atoms with E-state index in [9.17, 15) is 9.59 Å². The van der Waals surface area contributed by atoms with Crippen molar-refractivity contribution < 1.29 is 14.3 Å². The smallest absolute Gasteiger partial charge is 0.307 e. The number of Topliss-reactive ketones (excluding diaryl/α,β-unsaturated/α-hetero) is 1. The number of esters is 1. The van der Waals surface area contributed by atoms with Gasteiger partial charge in [0.1, 0.15) is 5.78 Å². The van der Waals surface area contributed by atoms with Gasteiger partial charge in [0.15, 0.2) is 0 Å². The normalized spacial score (nSPS) is 14.7. The molecule has 1 aromatic heterocycles. The second kappa shape index (κ2) is 4.47. The first-order valence-corrected chi connectivity index (χ1v) is 5.33. The number of rotatable bonds is 3. The Morgan fingerprint density at radius 1 is 1.56 bits per heavy atom. The summed E-state index contributed by atoms with van der Waals surface area (Å²) in [5.41, 5.74) is 1.99. The van der Waals surface area contributed by atoms with Crippen LogP contribution in [0.15, 0.2) is 6.20 Å². The van der Waals surface area contributed by atoms with Crippen molar-refractivity contribution >= 4 is 11.8 Å². The van der Waals surface area contributed by atoms with Crippen molar-refractivity contribution in [3.8, 4) is 0 Å². The number of aryl methyl sites for hydroxylation is 2. The van der Waals surface area contributed by atoms with Gasteiger partial charge in [0, 0.05) is 12.6 Å². The standard InChI is InChI=1S/C11H14N2O3/c1-16-11(15)4-5-13-7-8-2-3-9(14)6-10(8)12-13/h7H,2-6H2,1H3. The molecule has 0 amide bonds. The molecule has 1 aliphatic carbocycles. The zero-order valence-corrected chi connectivity index (χ0v) is 9.23. The molecule has 0 saturated carbocycles. The highest BCUT2D eigenvalue weighted by molar-refractivity contribution is 5.82. The van der Waals surface area contributed by atoms with Gasteiger partial charge in [-0.25, -0.2) is 0 Å². The first-order chi connectivity index (χ1) is 7.69. The zero-order chi connectivity index (χ0) is 11.5. The van der Waals surface area contributed by atoms with Crippen molar-refractivity contribution in [2.45, 2.75) is 32.2 Å². The van der Waals surface area contributed by atoms with Crippen LogP contribution in [0.25, 0.3) is 0 Å². The Labute approximate surface area is 93.4 Å². The topological polar surface area (TPSA) is 61.2 Å². The van der Waals surface area contributed by atoms with Gasteiger partial charge in [0.2, 0.25) is 0 Å². The number of methoxy groups -OCH3 is 1. The maximum atomic E-state index is 11.2. The summed E-state index contributed by atoms with van der Waals surface area (Å²) in [4.78, 5) is 22.2. The number of carbonyl (C=O) groups is 2. The Hall–Kier alpha value is -1.65. The maximum Gasteiger partial charge on any atom is 0.307 e. The molecule has 0 aliphatic heterocycles. The monoisotopic (exact) mass is 222 g/mol. The Morgan fingerprint density at radius 2 is 2.38 bits per heavy atom. The minimum absolute atomic E-state index is 0.241. The number of carbonyl (C=O) groups excluding carboxylic acids is 2. The highest BCUT2D eigenvalue weighted by Gasteiger charge is 2.19. The molecule has 0 atom stereocenters. The second-order valence-corrected chi connectivity index (χ2v) is 3.91. The molecule has 5 nitrogen and oxygen atoms in total. The molecule has 0 bridgehead atoms.